The first kappa shape index (κ1) is 20.9. The molecule has 1 aliphatic heterocycles. The normalized spacial score (nSPS) is 19.3. The number of H-pyrrole nitrogens is 1. The van der Waals surface area contributed by atoms with E-state index in [1.807, 2.05) is 0 Å². The first-order valence-corrected chi connectivity index (χ1v) is 11.5. The smallest absolute Gasteiger partial charge is 0.259 e. The third-order valence-electron chi connectivity index (χ3n) is 6.57. The van der Waals surface area contributed by atoms with Gasteiger partial charge in [-0.3, -0.25) is 9.59 Å². The first-order valence-electron chi connectivity index (χ1n) is 11.1. The molecule has 3 aromatic heterocycles. The molecule has 0 radical (unpaired) electrons. The topological polar surface area (TPSA) is 114 Å². The molecule has 9 nitrogen and oxygen atoms in total. The Morgan fingerprint density at radius 2 is 2.00 bits per heavy atom. The second-order valence-corrected chi connectivity index (χ2v) is 9.33. The fraction of sp³-hybridized carbons (Fsp3) is 0.292. The average molecular weight is 477 g/mol. The van der Waals surface area contributed by atoms with Crippen molar-refractivity contribution < 1.29 is 9.53 Å². The summed E-state index contributed by atoms with van der Waals surface area (Å²) in [6.45, 7) is 2.25. The summed E-state index contributed by atoms with van der Waals surface area (Å²) in [7, 11) is 0. The lowest BCUT2D eigenvalue weighted by molar-refractivity contribution is -0.119. The maximum absolute atomic E-state index is 13.3. The van der Waals surface area contributed by atoms with Gasteiger partial charge in [-0.25, -0.2) is 15.0 Å². The van der Waals surface area contributed by atoms with Crippen molar-refractivity contribution in [3.8, 4) is 17.4 Å². The largest absolute Gasteiger partial charge is 0.475 e. The molecule has 1 saturated carbocycles. The van der Waals surface area contributed by atoms with E-state index in [2.05, 4.69) is 25.3 Å². The lowest BCUT2D eigenvalue weighted by Gasteiger charge is -2.21. The number of hydrogen-bond acceptors (Lipinski definition) is 6. The zero-order chi connectivity index (χ0) is 23.4. The zero-order valence-corrected chi connectivity index (χ0v) is 19.1. The summed E-state index contributed by atoms with van der Waals surface area (Å²) in [5.41, 5.74) is 0.288. The number of nitrogens with one attached hydrogen (secondary N) is 2. The van der Waals surface area contributed by atoms with Gasteiger partial charge in [-0.1, -0.05) is 36.6 Å². The van der Waals surface area contributed by atoms with Crippen LogP contribution in [0.5, 0.6) is 5.88 Å². The molecule has 0 bridgehead atoms. The minimum atomic E-state index is -1.20. The second kappa shape index (κ2) is 7.66. The number of aromatic nitrogens is 5. The summed E-state index contributed by atoms with van der Waals surface area (Å²) in [4.78, 5) is 42.6. The van der Waals surface area contributed by atoms with Gasteiger partial charge in [-0.15, -0.1) is 0 Å². The number of amides is 1. The number of nitrogens with zero attached hydrogens (tertiary/aromatic N) is 4. The quantitative estimate of drug-likeness (QED) is 0.439. The first-order chi connectivity index (χ1) is 16.4. The van der Waals surface area contributed by atoms with E-state index in [0.29, 0.717) is 34.4 Å². The van der Waals surface area contributed by atoms with Gasteiger partial charge in [0.1, 0.15) is 16.9 Å². The van der Waals surface area contributed by atoms with Crippen LogP contribution >= 0.6 is 11.6 Å². The Labute approximate surface area is 199 Å². The number of anilines is 1. The molecule has 2 N–H and O–H groups in total. The van der Waals surface area contributed by atoms with Gasteiger partial charge in [0.25, 0.3) is 11.4 Å². The Balaban J connectivity index is 1.41. The highest BCUT2D eigenvalue weighted by Crippen LogP contribution is 2.40. The number of rotatable bonds is 6. The van der Waals surface area contributed by atoms with Crippen LogP contribution in [0.4, 0.5) is 5.82 Å². The fourth-order valence-electron chi connectivity index (χ4n) is 4.40. The molecular formula is C24H21ClN6O3. The minimum absolute atomic E-state index is 0.213. The van der Waals surface area contributed by atoms with Crippen molar-refractivity contribution in [2.24, 2.45) is 5.92 Å². The molecule has 172 valence electrons. The maximum Gasteiger partial charge on any atom is 0.259 e. The van der Waals surface area contributed by atoms with Gasteiger partial charge in [-0.2, -0.15) is 0 Å². The number of imidazole rings is 1. The molecule has 0 spiro atoms. The minimum Gasteiger partial charge on any atom is -0.475 e. The van der Waals surface area contributed by atoms with Gasteiger partial charge in [0.2, 0.25) is 11.6 Å². The van der Waals surface area contributed by atoms with E-state index in [4.69, 9.17) is 16.3 Å². The van der Waals surface area contributed by atoms with Gasteiger partial charge in [0.05, 0.1) is 12.2 Å². The van der Waals surface area contributed by atoms with Gasteiger partial charge in [-0.05, 0) is 37.0 Å². The predicted octanol–water partition coefficient (Wildman–Crippen LogP) is 3.57. The van der Waals surface area contributed by atoms with E-state index >= 15 is 0 Å². The van der Waals surface area contributed by atoms with Crippen LogP contribution in [0.2, 0.25) is 5.02 Å². The Bertz CT molecular complexity index is 1490. The van der Waals surface area contributed by atoms with Crippen molar-refractivity contribution in [1.29, 1.82) is 0 Å². The molecule has 2 aliphatic rings. The SMILES string of the molecule is CC1(c2ccc(Cl)cc2)C(=O)Nc2nc(-c3cn4ccnc4c(OCCC4CC4)n3)[nH]c(=O)c21. The van der Waals surface area contributed by atoms with Crippen molar-refractivity contribution in [3.63, 3.8) is 0 Å². The summed E-state index contributed by atoms with van der Waals surface area (Å²) in [6.07, 6.45) is 8.62. The molecule has 1 unspecified atom stereocenters. The number of ether oxygens (including phenoxy) is 1. The predicted molar refractivity (Wildman–Crippen MR) is 126 cm³/mol. The van der Waals surface area contributed by atoms with E-state index in [1.54, 1.807) is 54.2 Å². The Kier molecular flexibility index (Phi) is 4.70. The summed E-state index contributed by atoms with van der Waals surface area (Å²) >= 11 is 6.01. The number of benzene rings is 1. The highest BCUT2D eigenvalue weighted by molar-refractivity contribution is 6.30. The zero-order valence-electron chi connectivity index (χ0n) is 18.3. The van der Waals surface area contributed by atoms with Crippen LogP contribution in [-0.4, -0.2) is 36.9 Å². The summed E-state index contributed by atoms with van der Waals surface area (Å²) in [5, 5.41) is 3.32. The molecule has 1 aliphatic carbocycles. The van der Waals surface area contributed by atoms with Gasteiger partial charge >= 0.3 is 0 Å². The third-order valence-corrected chi connectivity index (χ3v) is 6.83. The summed E-state index contributed by atoms with van der Waals surface area (Å²) in [5.74, 6) is 1.22. The van der Waals surface area contributed by atoms with Crippen molar-refractivity contribution in [1.82, 2.24) is 24.3 Å². The van der Waals surface area contributed by atoms with E-state index < -0.39 is 11.0 Å². The van der Waals surface area contributed by atoms with E-state index in [1.165, 1.54) is 12.8 Å². The van der Waals surface area contributed by atoms with Crippen LogP contribution < -0.4 is 15.6 Å². The lowest BCUT2D eigenvalue weighted by Crippen LogP contribution is -2.36. The highest BCUT2D eigenvalue weighted by atomic mass is 35.5. The number of aromatic amines is 1. The van der Waals surface area contributed by atoms with Crippen molar-refractivity contribution >= 4 is 29.0 Å². The molecule has 6 rings (SSSR count). The molecule has 0 saturated heterocycles. The van der Waals surface area contributed by atoms with Gasteiger partial charge in [0, 0.05) is 23.6 Å². The van der Waals surface area contributed by atoms with E-state index in [-0.39, 0.29) is 23.1 Å². The number of fused-ring (bicyclic) bond motifs is 2. The molecule has 1 amide bonds. The maximum atomic E-state index is 13.3. The molecule has 1 atom stereocenters. The van der Waals surface area contributed by atoms with Crippen LogP contribution in [-0.2, 0) is 10.2 Å². The van der Waals surface area contributed by atoms with Crippen molar-refractivity contribution in [3.05, 3.63) is 69.4 Å². The number of carbonyl (C=O) groups excluding carboxylic acids is 1. The van der Waals surface area contributed by atoms with Crippen LogP contribution in [0.1, 0.15) is 37.3 Å². The molecule has 4 heterocycles. The van der Waals surface area contributed by atoms with Crippen LogP contribution in [0.15, 0.2) is 47.7 Å². The summed E-state index contributed by atoms with van der Waals surface area (Å²) < 4.78 is 7.71. The standard InChI is InChI=1S/C24H21ClN6O3/c1-24(14-4-6-15(25)7-5-14)17-19(30-23(24)33)28-18(29-21(17)32)16-12-31-10-9-26-20(31)22(27-16)34-11-8-13-2-3-13/h4-7,9-10,12-13H,2-3,8,11H2,1H3,(H2,28,29,30,32,33). The number of halogens is 1. The van der Waals surface area contributed by atoms with Gasteiger partial charge in [0.15, 0.2) is 5.82 Å². The van der Waals surface area contributed by atoms with E-state index in [0.717, 1.165) is 12.3 Å². The van der Waals surface area contributed by atoms with Crippen LogP contribution in [0.3, 0.4) is 0 Å². The van der Waals surface area contributed by atoms with Crippen LogP contribution in [0, 0.1) is 5.92 Å². The van der Waals surface area contributed by atoms with Crippen molar-refractivity contribution in [2.75, 3.05) is 11.9 Å². The molecular weight excluding hydrogens is 456 g/mol. The Morgan fingerprint density at radius 1 is 1.21 bits per heavy atom. The lowest BCUT2D eigenvalue weighted by atomic mass is 9.78. The Morgan fingerprint density at radius 3 is 2.76 bits per heavy atom. The third kappa shape index (κ3) is 3.35. The average Bonchev–Trinajstić information content (AvgIpc) is 3.44. The molecule has 34 heavy (non-hydrogen) atoms. The fourth-order valence-corrected chi connectivity index (χ4v) is 4.52. The molecule has 10 heteroatoms. The number of hydrogen-bond donors (Lipinski definition) is 2. The highest BCUT2D eigenvalue weighted by Gasteiger charge is 2.47. The summed E-state index contributed by atoms with van der Waals surface area (Å²) in [6, 6.07) is 6.87. The van der Waals surface area contributed by atoms with Crippen molar-refractivity contribution in [2.45, 2.75) is 31.6 Å². The molecule has 1 fully saturated rings. The Hall–Kier alpha value is -3.72. The second-order valence-electron chi connectivity index (χ2n) is 8.89. The number of carbonyl (C=O) groups is 1. The van der Waals surface area contributed by atoms with Gasteiger partial charge < -0.3 is 19.4 Å². The monoisotopic (exact) mass is 476 g/mol. The molecule has 4 aromatic rings. The molecule has 1 aromatic carbocycles. The van der Waals surface area contributed by atoms with E-state index in [9.17, 15) is 9.59 Å². The van der Waals surface area contributed by atoms with Crippen LogP contribution in [0.25, 0.3) is 17.2 Å².